The Bertz CT molecular complexity index is 631. The number of fused-ring (bicyclic) bond motifs is 1. The minimum Gasteiger partial charge on any atom is -0.356 e. The number of aromatic nitrogens is 3. The maximum atomic E-state index is 4.27. The molecular weight excluding hydrogens is 296 g/mol. The van der Waals surface area contributed by atoms with Gasteiger partial charge in [-0.15, -0.1) is 10.2 Å². The monoisotopic (exact) mass is 318 g/mol. The Kier molecular flexibility index (Phi) is 4.72. The first-order valence-corrected chi connectivity index (χ1v) is 8.59. The third-order valence-electron chi connectivity index (χ3n) is 4.01. The van der Waals surface area contributed by atoms with Gasteiger partial charge < -0.3 is 15.2 Å². The molecule has 0 fully saturated rings. The molecule has 118 valence electrons. The van der Waals surface area contributed by atoms with Crippen molar-refractivity contribution >= 4 is 17.3 Å². The van der Waals surface area contributed by atoms with Gasteiger partial charge in [0.2, 0.25) is 0 Å². The highest BCUT2D eigenvalue weighted by Gasteiger charge is 2.17. The smallest absolute Gasteiger partial charge is 0.191 e. The highest BCUT2D eigenvalue weighted by Crippen LogP contribution is 2.17. The summed E-state index contributed by atoms with van der Waals surface area (Å²) in [5.41, 5.74) is 1.36. The lowest BCUT2D eigenvalue weighted by atomic mass is 10.1. The number of aliphatic imine (C=N–C) groups is 1. The molecule has 22 heavy (non-hydrogen) atoms. The fourth-order valence-electron chi connectivity index (χ4n) is 2.65. The van der Waals surface area contributed by atoms with Crippen molar-refractivity contribution in [1.29, 1.82) is 0 Å². The van der Waals surface area contributed by atoms with Crippen LogP contribution in [0.4, 0.5) is 0 Å². The maximum Gasteiger partial charge on any atom is 0.191 e. The normalized spacial score (nSPS) is 15.6. The van der Waals surface area contributed by atoms with Gasteiger partial charge in [0.15, 0.2) is 11.8 Å². The van der Waals surface area contributed by atoms with Crippen LogP contribution in [0.5, 0.6) is 0 Å². The van der Waals surface area contributed by atoms with Crippen molar-refractivity contribution in [2.75, 3.05) is 13.6 Å². The van der Waals surface area contributed by atoms with Gasteiger partial charge in [0.1, 0.15) is 5.82 Å². The van der Waals surface area contributed by atoms with Gasteiger partial charge in [-0.25, -0.2) is 0 Å². The second kappa shape index (κ2) is 6.91. The van der Waals surface area contributed by atoms with Gasteiger partial charge in [0.05, 0.1) is 6.54 Å². The molecule has 0 bridgehead atoms. The summed E-state index contributed by atoms with van der Waals surface area (Å²) in [7, 11) is 1.79. The molecule has 6 nitrogen and oxygen atoms in total. The van der Waals surface area contributed by atoms with Gasteiger partial charge >= 0.3 is 0 Å². The second-order valence-electron chi connectivity index (χ2n) is 5.55. The molecule has 0 saturated carbocycles. The standard InChI is InChI=1S/C15H22N6S/c1-11(12-5-7-22-10-12)8-17-15(16-2)18-9-14-20-19-13-4-3-6-21(13)14/h5,7,10-11H,3-4,6,8-9H2,1-2H3,(H2,16,17,18). The van der Waals surface area contributed by atoms with Crippen LogP contribution >= 0.6 is 11.3 Å². The molecule has 2 N–H and O–H groups in total. The van der Waals surface area contributed by atoms with Crippen molar-refractivity contribution in [3.8, 4) is 0 Å². The number of thiophene rings is 1. The van der Waals surface area contributed by atoms with Gasteiger partial charge in [-0.05, 0) is 34.7 Å². The highest BCUT2D eigenvalue weighted by atomic mass is 32.1. The molecule has 1 aliphatic rings. The summed E-state index contributed by atoms with van der Waals surface area (Å²) in [5, 5.41) is 19.5. The summed E-state index contributed by atoms with van der Waals surface area (Å²) in [6.07, 6.45) is 2.21. The van der Waals surface area contributed by atoms with Crippen LogP contribution in [0.1, 0.15) is 36.5 Å². The van der Waals surface area contributed by atoms with E-state index in [1.807, 2.05) is 0 Å². The zero-order valence-corrected chi connectivity index (χ0v) is 13.9. The summed E-state index contributed by atoms with van der Waals surface area (Å²) in [5.74, 6) is 3.35. The molecule has 0 amide bonds. The summed E-state index contributed by atoms with van der Waals surface area (Å²) >= 11 is 1.74. The molecule has 0 radical (unpaired) electrons. The van der Waals surface area contributed by atoms with E-state index < -0.39 is 0 Å². The number of nitrogens with one attached hydrogen (secondary N) is 2. The van der Waals surface area contributed by atoms with E-state index in [0.29, 0.717) is 12.5 Å². The molecular formula is C15H22N6S. The number of hydrogen-bond donors (Lipinski definition) is 2. The lowest BCUT2D eigenvalue weighted by Crippen LogP contribution is -2.39. The van der Waals surface area contributed by atoms with E-state index in [2.05, 4.69) is 54.1 Å². The average Bonchev–Trinajstić information content (AvgIpc) is 3.25. The topological polar surface area (TPSA) is 67.1 Å². The number of rotatable bonds is 5. The van der Waals surface area contributed by atoms with E-state index >= 15 is 0 Å². The molecule has 2 aromatic heterocycles. The molecule has 0 aromatic carbocycles. The van der Waals surface area contributed by atoms with E-state index in [9.17, 15) is 0 Å². The van der Waals surface area contributed by atoms with Crippen LogP contribution in [0, 0.1) is 0 Å². The first kappa shape index (κ1) is 15.0. The SMILES string of the molecule is CN=C(NCc1nnc2n1CCC2)NCC(C)c1ccsc1. The Labute approximate surface area is 134 Å². The van der Waals surface area contributed by atoms with Crippen LogP contribution in [0.25, 0.3) is 0 Å². The minimum atomic E-state index is 0.460. The Balaban J connectivity index is 1.50. The molecule has 1 atom stereocenters. The Morgan fingerprint density at radius 3 is 3.14 bits per heavy atom. The molecule has 3 rings (SSSR count). The lowest BCUT2D eigenvalue weighted by Gasteiger charge is -2.15. The second-order valence-corrected chi connectivity index (χ2v) is 6.33. The molecule has 2 aromatic rings. The molecule has 1 unspecified atom stereocenters. The van der Waals surface area contributed by atoms with Crippen LogP contribution in [0.15, 0.2) is 21.8 Å². The maximum absolute atomic E-state index is 4.27. The molecule has 0 saturated heterocycles. The quantitative estimate of drug-likeness (QED) is 0.651. The van der Waals surface area contributed by atoms with E-state index in [4.69, 9.17) is 0 Å². The van der Waals surface area contributed by atoms with Gasteiger partial charge in [-0.2, -0.15) is 11.3 Å². The zero-order chi connectivity index (χ0) is 15.4. The number of aryl methyl sites for hydroxylation is 1. The summed E-state index contributed by atoms with van der Waals surface area (Å²) in [6, 6.07) is 2.17. The van der Waals surface area contributed by atoms with Crippen LogP contribution in [-0.4, -0.2) is 34.3 Å². The van der Waals surface area contributed by atoms with E-state index in [1.54, 1.807) is 18.4 Å². The number of hydrogen-bond acceptors (Lipinski definition) is 4. The predicted molar refractivity (Wildman–Crippen MR) is 89.3 cm³/mol. The molecule has 7 heteroatoms. The van der Waals surface area contributed by atoms with Crippen molar-refractivity contribution in [3.63, 3.8) is 0 Å². The van der Waals surface area contributed by atoms with E-state index in [1.165, 1.54) is 12.0 Å². The van der Waals surface area contributed by atoms with E-state index in [0.717, 1.165) is 37.1 Å². The first-order valence-electron chi connectivity index (χ1n) is 7.65. The van der Waals surface area contributed by atoms with Gasteiger partial charge in [0.25, 0.3) is 0 Å². The molecule has 0 spiro atoms. The van der Waals surface area contributed by atoms with Crippen molar-refractivity contribution < 1.29 is 0 Å². The number of guanidine groups is 1. The summed E-state index contributed by atoms with van der Waals surface area (Å²) < 4.78 is 2.20. The summed E-state index contributed by atoms with van der Waals surface area (Å²) in [4.78, 5) is 4.27. The van der Waals surface area contributed by atoms with Crippen LogP contribution in [0.2, 0.25) is 0 Å². The van der Waals surface area contributed by atoms with Crippen molar-refractivity contribution in [2.24, 2.45) is 4.99 Å². The van der Waals surface area contributed by atoms with Gasteiger partial charge in [-0.3, -0.25) is 4.99 Å². The Hall–Kier alpha value is -1.89. The predicted octanol–water partition coefficient (Wildman–Crippen LogP) is 1.75. The molecule has 1 aliphatic heterocycles. The van der Waals surface area contributed by atoms with Crippen LogP contribution < -0.4 is 10.6 Å². The summed E-state index contributed by atoms with van der Waals surface area (Å²) in [6.45, 7) is 4.75. The van der Waals surface area contributed by atoms with Crippen molar-refractivity contribution in [2.45, 2.75) is 38.8 Å². The Morgan fingerprint density at radius 2 is 2.36 bits per heavy atom. The largest absolute Gasteiger partial charge is 0.356 e. The third kappa shape index (κ3) is 3.30. The fourth-order valence-corrected chi connectivity index (χ4v) is 3.43. The van der Waals surface area contributed by atoms with E-state index in [-0.39, 0.29) is 0 Å². The van der Waals surface area contributed by atoms with Crippen LogP contribution in [0.3, 0.4) is 0 Å². The van der Waals surface area contributed by atoms with Crippen molar-refractivity contribution in [3.05, 3.63) is 34.0 Å². The Morgan fingerprint density at radius 1 is 1.45 bits per heavy atom. The average molecular weight is 318 g/mol. The number of nitrogens with zero attached hydrogens (tertiary/aromatic N) is 4. The lowest BCUT2D eigenvalue weighted by molar-refractivity contribution is 0.654. The highest BCUT2D eigenvalue weighted by molar-refractivity contribution is 7.07. The third-order valence-corrected chi connectivity index (χ3v) is 4.71. The minimum absolute atomic E-state index is 0.460. The van der Waals surface area contributed by atoms with Crippen molar-refractivity contribution in [1.82, 2.24) is 25.4 Å². The molecule has 3 heterocycles. The van der Waals surface area contributed by atoms with Gasteiger partial charge in [0, 0.05) is 26.6 Å². The zero-order valence-electron chi connectivity index (χ0n) is 13.0. The molecule has 0 aliphatic carbocycles. The van der Waals surface area contributed by atoms with Crippen LogP contribution in [-0.2, 0) is 19.5 Å². The van der Waals surface area contributed by atoms with Gasteiger partial charge in [-0.1, -0.05) is 6.92 Å². The fraction of sp³-hybridized carbons (Fsp3) is 0.533. The first-order chi connectivity index (χ1) is 10.8.